The van der Waals surface area contributed by atoms with Crippen molar-refractivity contribution in [2.24, 2.45) is 16.6 Å². The molecule has 2 aliphatic rings. The van der Waals surface area contributed by atoms with E-state index < -0.39 is 0 Å². The number of rotatable bonds is 5. The molecule has 0 spiro atoms. The van der Waals surface area contributed by atoms with Crippen molar-refractivity contribution in [2.75, 3.05) is 26.7 Å². The highest BCUT2D eigenvalue weighted by Crippen LogP contribution is 2.41. The van der Waals surface area contributed by atoms with Crippen molar-refractivity contribution in [3.05, 3.63) is 22.4 Å². The smallest absolute Gasteiger partial charge is 0.217 e. The van der Waals surface area contributed by atoms with Crippen LogP contribution in [0.15, 0.2) is 22.5 Å². The molecule has 3 N–H and O–H groups in total. The van der Waals surface area contributed by atoms with Crippen LogP contribution in [0.5, 0.6) is 0 Å². The van der Waals surface area contributed by atoms with Crippen LogP contribution in [0.4, 0.5) is 0 Å². The van der Waals surface area contributed by atoms with Crippen LogP contribution < -0.4 is 11.1 Å². The molecule has 1 aromatic heterocycles. The Morgan fingerprint density at radius 1 is 1.37 bits per heavy atom. The topological polar surface area (TPSA) is 70.7 Å². The molecule has 1 saturated heterocycles. The molecule has 1 aliphatic heterocycles. The fraction of sp³-hybridized carbons (Fsp3) is 0.700. The zero-order valence-corrected chi connectivity index (χ0v) is 19.4. The van der Waals surface area contributed by atoms with Gasteiger partial charge in [0.1, 0.15) is 0 Å². The second-order valence-electron chi connectivity index (χ2n) is 7.84. The molecule has 1 aliphatic carbocycles. The van der Waals surface area contributed by atoms with Crippen molar-refractivity contribution >= 4 is 47.2 Å². The fourth-order valence-electron chi connectivity index (χ4n) is 4.61. The number of thiophene rings is 1. The van der Waals surface area contributed by atoms with Crippen LogP contribution in [0.3, 0.4) is 0 Å². The van der Waals surface area contributed by atoms with Crippen LogP contribution in [0.2, 0.25) is 0 Å². The minimum Gasteiger partial charge on any atom is -0.370 e. The summed E-state index contributed by atoms with van der Waals surface area (Å²) in [5.74, 6) is 1.13. The highest BCUT2D eigenvalue weighted by Gasteiger charge is 2.35. The van der Waals surface area contributed by atoms with Crippen molar-refractivity contribution < 1.29 is 4.79 Å². The summed E-state index contributed by atoms with van der Waals surface area (Å²) in [5.41, 5.74) is 5.64. The second kappa shape index (κ2) is 10.6. The van der Waals surface area contributed by atoms with Crippen molar-refractivity contribution in [1.82, 2.24) is 10.2 Å². The van der Waals surface area contributed by atoms with E-state index in [0.29, 0.717) is 12.3 Å². The Kier molecular flexibility index (Phi) is 8.85. The van der Waals surface area contributed by atoms with E-state index in [0.717, 1.165) is 38.4 Å². The first kappa shape index (κ1) is 22.5. The molecule has 1 saturated carbocycles. The highest BCUT2D eigenvalue weighted by molar-refractivity contribution is 14.0. The lowest BCUT2D eigenvalue weighted by molar-refractivity contribution is -0.119. The average Bonchev–Trinajstić information content (AvgIpc) is 3.18. The Morgan fingerprint density at radius 2 is 2.15 bits per heavy atom. The first-order chi connectivity index (χ1) is 12.6. The highest BCUT2D eigenvalue weighted by atomic mass is 127. The quantitative estimate of drug-likeness (QED) is 0.365. The normalized spacial score (nSPS) is 22.8. The maximum atomic E-state index is 11.3. The van der Waals surface area contributed by atoms with E-state index in [-0.39, 0.29) is 35.3 Å². The van der Waals surface area contributed by atoms with E-state index in [2.05, 4.69) is 32.7 Å². The zero-order valence-electron chi connectivity index (χ0n) is 16.3. The molecule has 7 heteroatoms. The van der Waals surface area contributed by atoms with Gasteiger partial charge in [-0.25, -0.2) is 0 Å². The van der Waals surface area contributed by atoms with Crippen molar-refractivity contribution in [3.8, 4) is 0 Å². The van der Waals surface area contributed by atoms with Gasteiger partial charge in [0.05, 0.1) is 0 Å². The zero-order chi connectivity index (χ0) is 18.4. The van der Waals surface area contributed by atoms with Crippen LogP contribution in [-0.2, 0) is 10.2 Å². The molecule has 1 atom stereocenters. The van der Waals surface area contributed by atoms with Gasteiger partial charge in [0, 0.05) is 43.4 Å². The molecule has 0 radical (unpaired) electrons. The molecular formula is C20H33IN4OS. The van der Waals surface area contributed by atoms with Crippen molar-refractivity contribution in [2.45, 2.75) is 56.8 Å². The minimum atomic E-state index is -0.196. The summed E-state index contributed by atoms with van der Waals surface area (Å²) in [6.07, 6.45) is 9.12. The number of halogens is 1. The molecule has 152 valence electrons. The summed E-state index contributed by atoms with van der Waals surface area (Å²) >= 11 is 1.89. The van der Waals surface area contributed by atoms with Crippen molar-refractivity contribution in [3.63, 3.8) is 0 Å². The molecule has 5 nitrogen and oxygen atoms in total. The minimum absolute atomic E-state index is 0. The number of nitrogens with two attached hydrogens (primary N) is 1. The summed E-state index contributed by atoms with van der Waals surface area (Å²) in [6.45, 7) is 2.81. The van der Waals surface area contributed by atoms with Gasteiger partial charge in [-0.05, 0) is 43.0 Å². The number of carbonyl (C=O) groups excluding carboxylic acids is 1. The third kappa shape index (κ3) is 5.82. The molecule has 3 rings (SSSR count). The van der Waals surface area contributed by atoms with Gasteiger partial charge in [0.25, 0.3) is 0 Å². The number of hydrogen-bond donors (Lipinski definition) is 2. The predicted octanol–water partition coefficient (Wildman–Crippen LogP) is 3.73. The lowest BCUT2D eigenvalue weighted by atomic mass is 9.73. The molecular weight excluding hydrogens is 471 g/mol. The van der Waals surface area contributed by atoms with Crippen molar-refractivity contribution in [1.29, 1.82) is 0 Å². The predicted molar refractivity (Wildman–Crippen MR) is 124 cm³/mol. The summed E-state index contributed by atoms with van der Waals surface area (Å²) < 4.78 is 0. The van der Waals surface area contributed by atoms with E-state index in [1.807, 2.05) is 18.4 Å². The summed E-state index contributed by atoms with van der Waals surface area (Å²) in [7, 11) is 1.86. The van der Waals surface area contributed by atoms with E-state index in [4.69, 9.17) is 5.73 Å². The number of amides is 1. The number of piperidine rings is 1. The van der Waals surface area contributed by atoms with Crippen LogP contribution in [0, 0.1) is 5.92 Å². The molecule has 0 bridgehead atoms. The summed E-state index contributed by atoms with van der Waals surface area (Å²) in [6, 6.07) is 4.47. The Labute approximate surface area is 184 Å². The van der Waals surface area contributed by atoms with Crippen LogP contribution >= 0.6 is 35.3 Å². The number of carbonyl (C=O) groups is 1. The van der Waals surface area contributed by atoms with Gasteiger partial charge in [0.15, 0.2) is 5.96 Å². The number of nitrogens with zero attached hydrogens (tertiary/aromatic N) is 2. The second-order valence-corrected chi connectivity index (χ2v) is 8.79. The lowest BCUT2D eigenvalue weighted by Crippen LogP contribution is -2.50. The Balaban J connectivity index is 0.00000261. The monoisotopic (exact) mass is 504 g/mol. The number of likely N-dealkylation sites (tertiary alicyclic amines) is 1. The first-order valence-electron chi connectivity index (χ1n) is 9.91. The molecule has 2 heterocycles. The van der Waals surface area contributed by atoms with Gasteiger partial charge < -0.3 is 16.0 Å². The number of primary amides is 1. The van der Waals surface area contributed by atoms with E-state index in [1.54, 1.807) is 0 Å². The molecule has 27 heavy (non-hydrogen) atoms. The number of aliphatic imine (C=N–C) groups is 1. The average molecular weight is 504 g/mol. The third-order valence-electron chi connectivity index (χ3n) is 5.96. The molecule has 2 fully saturated rings. The van der Waals surface area contributed by atoms with Gasteiger partial charge in [-0.3, -0.25) is 9.79 Å². The third-order valence-corrected chi connectivity index (χ3v) is 7.08. The maximum Gasteiger partial charge on any atom is 0.217 e. The van der Waals surface area contributed by atoms with Crippen LogP contribution in [-0.4, -0.2) is 43.4 Å². The first-order valence-corrected chi connectivity index (χ1v) is 10.8. The van der Waals surface area contributed by atoms with Gasteiger partial charge >= 0.3 is 0 Å². The van der Waals surface area contributed by atoms with Gasteiger partial charge in [-0.15, -0.1) is 35.3 Å². The molecule has 1 unspecified atom stereocenters. The van der Waals surface area contributed by atoms with Crippen LogP contribution in [0.25, 0.3) is 0 Å². The summed E-state index contributed by atoms with van der Waals surface area (Å²) in [5, 5.41) is 5.87. The fourth-order valence-corrected chi connectivity index (χ4v) is 5.60. The number of nitrogens with one attached hydrogen (secondary N) is 1. The van der Waals surface area contributed by atoms with E-state index in [9.17, 15) is 4.79 Å². The Morgan fingerprint density at radius 3 is 2.78 bits per heavy atom. The van der Waals surface area contributed by atoms with E-state index in [1.165, 1.54) is 37.0 Å². The largest absolute Gasteiger partial charge is 0.370 e. The van der Waals surface area contributed by atoms with Gasteiger partial charge in [-0.2, -0.15) is 0 Å². The molecule has 1 aromatic rings. The van der Waals surface area contributed by atoms with Gasteiger partial charge in [-0.1, -0.05) is 25.3 Å². The van der Waals surface area contributed by atoms with Crippen LogP contribution in [0.1, 0.15) is 56.2 Å². The molecule has 0 aromatic carbocycles. The van der Waals surface area contributed by atoms with E-state index >= 15 is 0 Å². The Bertz CT molecular complexity index is 614. The molecule has 1 amide bonds. The number of hydrogen-bond acceptors (Lipinski definition) is 3. The number of guanidine groups is 1. The Hall–Kier alpha value is -0.830. The lowest BCUT2D eigenvalue weighted by Gasteiger charge is -2.39. The van der Waals surface area contributed by atoms with Gasteiger partial charge in [0.2, 0.25) is 5.91 Å². The summed E-state index contributed by atoms with van der Waals surface area (Å²) in [4.78, 5) is 19.6. The maximum absolute atomic E-state index is 11.3. The SMILES string of the molecule is CN=C(NCC1(c2cccs2)CCCCC1)N1CCCC(CC(N)=O)C1.I. The standard InChI is InChI=1S/C20H32N4OS.HI/c1-22-19(24-11-5-7-16(14-24)13-18(21)25)23-15-20(9-3-2-4-10-20)17-8-6-12-26-17;/h6,8,12,16H,2-5,7,9-11,13-15H2,1H3,(H2,21,25)(H,22,23);1H.